The zero-order valence-electron chi connectivity index (χ0n) is 11.0. The van der Waals surface area contributed by atoms with Crippen LogP contribution in [0.25, 0.3) is 0 Å². The smallest absolute Gasteiger partial charge is 0.156 e. The summed E-state index contributed by atoms with van der Waals surface area (Å²) >= 11 is 0. The van der Waals surface area contributed by atoms with Crippen molar-refractivity contribution in [2.45, 2.75) is 38.7 Å². The Morgan fingerprint density at radius 2 is 2.24 bits per heavy atom. The van der Waals surface area contributed by atoms with Crippen LogP contribution in [0.5, 0.6) is 0 Å². The molecule has 0 unspecified atom stereocenters. The lowest BCUT2D eigenvalue weighted by atomic mass is 9.96. The van der Waals surface area contributed by atoms with E-state index in [9.17, 15) is 0 Å². The van der Waals surface area contributed by atoms with Gasteiger partial charge in [-0.25, -0.2) is 4.98 Å². The Morgan fingerprint density at radius 3 is 2.82 bits per heavy atom. The van der Waals surface area contributed by atoms with E-state index in [2.05, 4.69) is 36.0 Å². The van der Waals surface area contributed by atoms with Gasteiger partial charge in [0.1, 0.15) is 6.10 Å². The minimum absolute atomic E-state index is 0.00134. The van der Waals surface area contributed by atoms with E-state index in [-0.39, 0.29) is 11.5 Å². The molecule has 1 aromatic heterocycles. The summed E-state index contributed by atoms with van der Waals surface area (Å²) in [5.41, 5.74) is -0.0376. The summed E-state index contributed by atoms with van der Waals surface area (Å²) in [6.45, 7) is 7.77. The number of H-pyrrole nitrogens is 1. The lowest BCUT2D eigenvalue weighted by Gasteiger charge is -2.15. The second-order valence-electron chi connectivity index (χ2n) is 5.59. The Bertz CT molecular complexity index is 370. The molecule has 1 fully saturated rings. The van der Waals surface area contributed by atoms with E-state index in [1.54, 1.807) is 7.11 Å². The third kappa shape index (κ3) is 2.66. The highest BCUT2D eigenvalue weighted by Gasteiger charge is 2.33. The number of aromatic nitrogens is 3. The van der Waals surface area contributed by atoms with Crippen molar-refractivity contribution in [1.29, 1.82) is 0 Å². The summed E-state index contributed by atoms with van der Waals surface area (Å²) in [5, 5.41) is 7.27. The second-order valence-corrected chi connectivity index (χ2v) is 5.59. The number of nitrogens with zero attached hydrogens (tertiary/aromatic N) is 2. The first kappa shape index (κ1) is 12.5. The molecule has 96 valence electrons. The maximum atomic E-state index is 5.72. The average Bonchev–Trinajstić information content (AvgIpc) is 2.82. The van der Waals surface area contributed by atoms with E-state index in [0.29, 0.717) is 12.5 Å². The third-order valence-corrected chi connectivity index (χ3v) is 3.04. The maximum absolute atomic E-state index is 5.72. The highest BCUT2D eigenvalue weighted by Crippen LogP contribution is 2.33. The molecule has 5 heteroatoms. The third-order valence-electron chi connectivity index (χ3n) is 3.04. The van der Waals surface area contributed by atoms with E-state index >= 15 is 0 Å². The molecule has 0 amide bonds. The van der Waals surface area contributed by atoms with Gasteiger partial charge in [0.15, 0.2) is 11.6 Å². The topological polar surface area (TPSA) is 60.0 Å². The molecule has 1 aliphatic heterocycles. The lowest BCUT2D eigenvalue weighted by Crippen LogP contribution is -2.16. The van der Waals surface area contributed by atoms with Gasteiger partial charge in [-0.05, 0) is 6.42 Å². The second kappa shape index (κ2) is 4.74. The summed E-state index contributed by atoms with van der Waals surface area (Å²) in [5.74, 6) is 2.04. The van der Waals surface area contributed by atoms with Crippen molar-refractivity contribution in [2.75, 3.05) is 20.3 Å². The van der Waals surface area contributed by atoms with Crippen LogP contribution < -0.4 is 0 Å². The van der Waals surface area contributed by atoms with Gasteiger partial charge < -0.3 is 9.47 Å². The molecule has 0 aliphatic carbocycles. The number of hydrogen-bond acceptors (Lipinski definition) is 4. The van der Waals surface area contributed by atoms with Gasteiger partial charge in [0.25, 0.3) is 0 Å². The monoisotopic (exact) mass is 239 g/mol. The number of ether oxygens (including phenoxy) is 2. The van der Waals surface area contributed by atoms with Crippen molar-refractivity contribution in [1.82, 2.24) is 15.2 Å². The maximum Gasteiger partial charge on any atom is 0.156 e. The van der Waals surface area contributed by atoms with E-state index in [0.717, 1.165) is 24.7 Å². The molecular weight excluding hydrogens is 218 g/mol. The molecule has 1 N–H and O–H groups in total. The van der Waals surface area contributed by atoms with Crippen LogP contribution in [-0.4, -0.2) is 35.5 Å². The zero-order valence-corrected chi connectivity index (χ0v) is 11.0. The predicted molar refractivity (Wildman–Crippen MR) is 63.8 cm³/mol. The molecule has 0 aromatic carbocycles. The number of nitrogens with one attached hydrogen (secondary N) is 1. The fraction of sp³-hybridized carbons (Fsp3) is 0.833. The van der Waals surface area contributed by atoms with Crippen LogP contribution in [0.3, 0.4) is 0 Å². The fourth-order valence-electron chi connectivity index (χ4n) is 2.06. The van der Waals surface area contributed by atoms with E-state index in [1.165, 1.54) is 0 Å². The van der Waals surface area contributed by atoms with E-state index in [1.807, 2.05) is 0 Å². The SMILES string of the molecule is COC[C@@H]1CCO[C@@H]1c1nc(C(C)(C)C)n[nH]1. The summed E-state index contributed by atoms with van der Waals surface area (Å²) in [6, 6.07) is 0. The number of rotatable bonds is 3. The van der Waals surface area contributed by atoms with Crippen LogP contribution in [0, 0.1) is 5.92 Å². The molecular formula is C12H21N3O2. The standard InChI is InChI=1S/C12H21N3O2/c1-12(2,3)11-13-10(14-15-11)9-8(7-16-4)5-6-17-9/h8-9H,5-7H2,1-4H3,(H,13,14,15)/t8-,9-/m0/s1. The molecule has 5 nitrogen and oxygen atoms in total. The minimum atomic E-state index is -0.0376. The summed E-state index contributed by atoms with van der Waals surface area (Å²) in [4.78, 5) is 4.55. The Balaban J connectivity index is 2.14. The number of methoxy groups -OCH3 is 1. The Labute approximate surface area is 102 Å². The van der Waals surface area contributed by atoms with Gasteiger partial charge in [0.05, 0.1) is 6.61 Å². The predicted octanol–water partition coefficient (Wildman–Crippen LogP) is 1.83. The molecule has 1 aliphatic rings. The van der Waals surface area contributed by atoms with Gasteiger partial charge in [0, 0.05) is 25.0 Å². The minimum Gasteiger partial charge on any atom is -0.384 e. The molecule has 0 spiro atoms. The van der Waals surface area contributed by atoms with Crippen molar-refractivity contribution in [3.8, 4) is 0 Å². The Hall–Kier alpha value is -0.940. The summed E-state index contributed by atoms with van der Waals surface area (Å²) in [7, 11) is 1.72. The van der Waals surface area contributed by atoms with Crippen LogP contribution in [0.1, 0.15) is 44.9 Å². The van der Waals surface area contributed by atoms with Crippen LogP contribution in [0.15, 0.2) is 0 Å². The van der Waals surface area contributed by atoms with Crippen molar-refractivity contribution in [2.24, 2.45) is 5.92 Å². The molecule has 2 atom stereocenters. The quantitative estimate of drug-likeness (QED) is 0.874. The highest BCUT2D eigenvalue weighted by atomic mass is 16.5. The van der Waals surface area contributed by atoms with Crippen LogP contribution >= 0.6 is 0 Å². The van der Waals surface area contributed by atoms with Gasteiger partial charge in [-0.2, -0.15) is 5.10 Å². The zero-order chi connectivity index (χ0) is 12.5. The molecule has 2 rings (SSSR count). The first-order valence-electron chi connectivity index (χ1n) is 6.05. The lowest BCUT2D eigenvalue weighted by molar-refractivity contribution is 0.0538. The first-order valence-corrected chi connectivity index (χ1v) is 6.05. The molecule has 1 aromatic rings. The number of hydrogen-bond donors (Lipinski definition) is 1. The van der Waals surface area contributed by atoms with E-state index < -0.39 is 0 Å². The van der Waals surface area contributed by atoms with Gasteiger partial charge >= 0.3 is 0 Å². The van der Waals surface area contributed by atoms with Crippen molar-refractivity contribution >= 4 is 0 Å². The molecule has 0 bridgehead atoms. The van der Waals surface area contributed by atoms with Gasteiger partial charge in [-0.1, -0.05) is 20.8 Å². The fourth-order valence-corrected chi connectivity index (χ4v) is 2.06. The van der Waals surface area contributed by atoms with E-state index in [4.69, 9.17) is 9.47 Å². The van der Waals surface area contributed by atoms with Crippen LogP contribution in [0.4, 0.5) is 0 Å². The molecule has 17 heavy (non-hydrogen) atoms. The highest BCUT2D eigenvalue weighted by molar-refractivity contribution is 5.05. The van der Waals surface area contributed by atoms with Gasteiger partial charge in [-0.3, -0.25) is 5.10 Å². The van der Waals surface area contributed by atoms with Crippen molar-refractivity contribution < 1.29 is 9.47 Å². The van der Waals surface area contributed by atoms with Gasteiger partial charge in [0.2, 0.25) is 0 Å². The van der Waals surface area contributed by atoms with Crippen LogP contribution in [0.2, 0.25) is 0 Å². The number of aromatic amines is 1. The molecule has 0 radical (unpaired) electrons. The molecule has 1 saturated heterocycles. The largest absolute Gasteiger partial charge is 0.384 e. The normalized spacial score (nSPS) is 25.4. The summed E-state index contributed by atoms with van der Waals surface area (Å²) in [6.07, 6.45) is 1.02. The van der Waals surface area contributed by atoms with Crippen molar-refractivity contribution in [3.63, 3.8) is 0 Å². The summed E-state index contributed by atoms with van der Waals surface area (Å²) < 4.78 is 10.9. The van der Waals surface area contributed by atoms with Gasteiger partial charge in [-0.15, -0.1) is 0 Å². The average molecular weight is 239 g/mol. The van der Waals surface area contributed by atoms with Crippen molar-refractivity contribution in [3.05, 3.63) is 11.6 Å². The van der Waals surface area contributed by atoms with Crippen LogP contribution in [-0.2, 0) is 14.9 Å². The first-order chi connectivity index (χ1) is 8.02. The molecule has 0 saturated carbocycles. The Kier molecular flexibility index (Phi) is 3.49. The molecule has 2 heterocycles. The Morgan fingerprint density at radius 1 is 1.47 bits per heavy atom.